The Morgan fingerprint density at radius 3 is 2.56 bits per heavy atom. The molecule has 0 atom stereocenters. The van der Waals surface area contributed by atoms with E-state index >= 15 is 0 Å². The van der Waals surface area contributed by atoms with Gasteiger partial charge in [-0.25, -0.2) is 9.59 Å². The van der Waals surface area contributed by atoms with Gasteiger partial charge in [-0.3, -0.25) is 0 Å². The summed E-state index contributed by atoms with van der Waals surface area (Å²) in [5, 5.41) is 5.22. The lowest BCUT2D eigenvalue weighted by Gasteiger charge is -2.13. The van der Waals surface area contributed by atoms with Gasteiger partial charge in [0.05, 0.1) is 18.4 Å². The van der Waals surface area contributed by atoms with Gasteiger partial charge in [-0.05, 0) is 32.0 Å². The monoisotopic (exact) mass is 251 g/mol. The van der Waals surface area contributed by atoms with Crippen LogP contribution in [0.4, 0.5) is 16.2 Å². The van der Waals surface area contributed by atoms with Crippen LogP contribution < -0.4 is 16.4 Å². The zero-order valence-electron chi connectivity index (χ0n) is 10.6. The Morgan fingerprint density at radius 1 is 1.33 bits per heavy atom. The number of rotatable bonds is 3. The maximum absolute atomic E-state index is 11.6. The van der Waals surface area contributed by atoms with Crippen molar-refractivity contribution >= 4 is 23.4 Å². The highest BCUT2D eigenvalue weighted by Gasteiger charge is 2.14. The second-order valence-corrected chi connectivity index (χ2v) is 4.05. The lowest BCUT2D eigenvalue weighted by molar-refractivity contribution is 0.0602. The van der Waals surface area contributed by atoms with Gasteiger partial charge in [0, 0.05) is 11.7 Å². The van der Waals surface area contributed by atoms with E-state index < -0.39 is 12.0 Å². The Morgan fingerprint density at radius 2 is 2.00 bits per heavy atom. The van der Waals surface area contributed by atoms with Crippen LogP contribution >= 0.6 is 0 Å². The number of hydrogen-bond donors (Lipinski definition) is 3. The first kappa shape index (κ1) is 13.8. The van der Waals surface area contributed by atoms with Crippen LogP contribution in [0.5, 0.6) is 0 Å². The topological polar surface area (TPSA) is 93.4 Å². The fourth-order valence-corrected chi connectivity index (χ4v) is 1.37. The van der Waals surface area contributed by atoms with Crippen molar-refractivity contribution in [2.45, 2.75) is 19.9 Å². The van der Waals surface area contributed by atoms with Crippen molar-refractivity contribution in [3.05, 3.63) is 23.8 Å². The van der Waals surface area contributed by atoms with Crippen molar-refractivity contribution < 1.29 is 14.3 Å². The molecule has 0 saturated carbocycles. The van der Waals surface area contributed by atoms with E-state index in [9.17, 15) is 9.59 Å². The number of carbonyl (C=O) groups is 2. The van der Waals surface area contributed by atoms with Gasteiger partial charge in [-0.1, -0.05) is 0 Å². The minimum absolute atomic E-state index is 0.00682. The predicted octanol–water partition coefficient (Wildman–Crippen LogP) is 1.59. The number of hydrogen-bond acceptors (Lipinski definition) is 4. The first-order chi connectivity index (χ1) is 8.43. The van der Waals surface area contributed by atoms with Crippen LogP contribution in [0.1, 0.15) is 24.2 Å². The van der Waals surface area contributed by atoms with Gasteiger partial charge in [0.2, 0.25) is 0 Å². The van der Waals surface area contributed by atoms with Crippen LogP contribution in [0, 0.1) is 0 Å². The molecule has 0 aliphatic heterocycles. The third kappa shape index (κ3) is 3.65. The minimum atomic E-state index is -0.533. The fraction of sp³-hybridized carbons (Fsp3) is 0.333. The summed E-state index contributed by atoms with van der Waals surface area (Å²) in [4.78, 5) is 23.1. The summed E-state index contributed by atoms with van der Waals surface area (Å²) < 4.78 is 4.63. The van der Waals surface area contributed by atoms with Gasteiger partial charge in [0.15, 0.2) is 0 Å². The molecule has 0 spiro atoms. The molecule has 98 valence electrons. The smallest absolute Gasteiger partial charge is 0.339 e. The lowest BCUT2D eigenvalue weighted by Crippen LogP contribution is -2.34. The molecule has 6 heteroatoms. The molecule has 0 aliphatic carbocycles. The number of amides is 2. The summed E-state index contributed by atoms with van der Waals surface area (Å²) in [6, 6.07) is 4.17. The average Bonchev–Trinajstić information content (AvgIpc) is 2.27. The summed E-state index contributed by atoms with van der Waals surface area (Å²) in [5.74, 6) is -0.533. The van der Waals surface area contributed by atoms with Crippen molar-refractivity contribution in [2.75, 3.05) is 18.2 Å². The van der Waals surface area contributed by atoms with E-state index in [1.165, 1.54) is 19.2 Å². The molecule has 2 amide bonds. The largest absolute Gasteiger partial charge is 0.465 e. The Hall–Kier alpha value is -2.24. The molecule has 18 heavy (non-hydrogen) atoms. The number of nitrogen functional groups attached to an aromatic ring is 1. The Bertz CT molecular complexity index is 458. The normalized spacial score (nSPS) is 10.0. The van der Waals surface area contributed by atoms with Gasteiger partial charge in [-0.15, -0.1) is 0 Å². The second-order valence-electron chi connectivity index (χ2n) is 4.05. The highest BCUT2D eigenvalue weighted by atomic mass is 16.5. The van der Waals surface area contributed by atoms with Crippen LogP contribution in [0.3, 0.4) is 0 Å². The Labute approximate surface area is 105 Å². The highest BCUT2D eigenvalue weighted by Crippen LogP contribution is 2.20. The van der Waals surface area contributed by atoms with E-state index in [0.717, 1.165) is 0 Å². The van der Waals surface area contributed by atoms with Gasteiger partial charge >= 0.3 is 12.0 Å². The van der Waals surface area contributed by atoms with Crippen LogP contribution in [-0.4, -0.2) is 25.2 Å². The predicted molar refractivity (Wildman–Crippen MR) is 69.5 cm³/mol. The second kappa shape index (κ2) is 5.90. The average molecular weight is 251 g/mol. The number of benzene rings is 1. The summed E-state index contributed by atoms with van der Waals surface area (Å²) in [5.41, 5.74) is 6.64. The number of nitrogens with one attached hydrogen (secondary N) is 2. The molecule has 0 aromatic heterocycles. The van der Waals surface area contributed by atoms with E-state index in [-0.39, 0.29) is 11.6 Å². The molecule has 4 N–H and O–H groups in total. The molecule has 1 aromatic rings. The molecule has 1 aromatic carbocycles. The fourth-order valence-electron chi connectivity index (χ4n) is 1.37. The maximum atomic E-state index is 11.6. The van der Waals surface area contributed by atoms with Crippen molar-refractivity contribution in [2.24, 2.45) is 0 Å². The number of methoxy groups -OCH3 is 1. The molecule has 6 nitrogen and oxygen atoms in total. The third-order valence-electron chi connectivity index (χ3n) is 2.12. The Kier molecular flexibility index (Phi) is 4.53. The maximum Gasteiger partial charge on any atom is 0.339 e. The zero-order valence-corrected chi connectivity index (χ0v) is 10.6. The van der Waals surface area contributed by atoms with Crippen LogP contribution in [0.25, 0.3) is 0 Å². The highest BCUT2D eigenvalue weighted by molar-refractivity contribution is 6.01. The SMILES string of the molecule is COC(=O)c1ccc(N)cc1NC(=O)NC(C)C. The van der Waals surface area contributed by atoms with E-state index in [1.54, 1.807) is 6.07 Å². The molecular weight excluding hydrogens is 234 g/mol. The van der Waals surface area contributed by atoms with E-state index in [2.05, 4.69) is 15.4 Å². The number of urea groups is 1. The molecule has 0 fully saturated rings. The van der Waals surface area contributed by atoms with Crippen LogP contribution in [0.2, 0.25) is 0 Å². The van der Waals surface area contributed by atoms with Crippen LogP contribution in [-0.2, 0) is 4.74 Å². The lowest BCUT2D eigenvalue weighted by atomic mass is 10.1. The first-order valence-electron chi connectivity index (χ1n) is 5.49. The molecule has 0 unspecified atom stereocenters. The summed E-state index contributed by atoms with van der Waals surface area (Å²) >= 11 is 0. The zero-order chi connectivity index (χ0) is 13.7. The van der Waals surface area contributed by atoms with Gasteiger partial charge < -0.3 is 21.1 Å². The number of anilines is 2. The Balaban J connectivity index is 2.95. The van der Waals surface area contributed by atoms with Crippen molar-refractivity contribution in [3.63, 3.8) is 0 Å². The van der Waals surface area contributed by atoms with Gasteiger partial charge in [0.1, 0.15) is 0 Å². The summed E-state index contributed by atoms with van der Waals surface area (Å²) in [6.07, 6.45) is 0. The quantitative estimate of drug-likeness (QED) is 0.561. The molecule has 0 bridgehead atoms. The number of ether oxygens (including phenoxy) is 1. The number of esters is 1. The summed E-state index contributed by atoms with van der Waals surface area (Å²) in [6.45, 7) is 3.67. The molecular formula is C12H17N3O3. The number of carbonyl (C=O) groups excluding carboxylic acids is 2. The molecule has 1 rings (SSSR count). The van der Waals surface area contributed by atoms with Crippen molar-refractivity contribution in [3.8, 4) is 0 Å². The molecule has 0 aliphatic rings. The standard InChI is InChI=1S/C12H17N3O3/c1-7(2)14-12(17)15-10-6-8(13)4-5-9(10)11(16)18-3/h4-7H,13H2,1-3H3,(H2,14,15,17). The van der Waals surface area contributed by atoms with E-state index in [1.807, 2.05) is 13.8 Å². The summed E-state index contributed by atoms with van der Waals surface area (Å²) in [7, 11) is 1.27. The van der Waals surface area contributed by atoms with Gasteiger partial charge in [-0.2, -0.15) is 0 Å². The molecule has 0 radical (unpaired) electrons. The third-order valence-corrected chi connectivity index (χ3v) is 2.12. The van der Waals surface area contributed by atoms with Crippen LogP contribution in [0.15, 0.2) is 18.2 Å². The van der Waals surface area contributed by atoms with Gasteiger partial charge in [0.25, 0.3) is 0 Å². The minimum Gasteiger partial charge on any atom is -0.465 e. The first-order valence-corrected chi connectivity index (χ1v) is 5.49. The molecule has 0 heterocycles. The van der Waals surface area contributed by atoms with E-state index in [4.69, 9.17) is 5.73 Å². The molecule has 0 saturated heterocycles. The van der Waals surface area contributed by atoms with Crippen molar-refractivity contribution in [1.29, 1.82) is 0 Å². The van der Waals surface area contributed by atoms with E-state index in [0.29, 0.717) is 11.4 Å². The van der Waals surface area contributed by atoms with Crippen molar-refractivity contribution in [1.82, 2.24) is 5.32 Å². The number of nitrogens with two attached hydrogens (primary N) is 1.